The maximum absolute atomic E-state index is 4.90. The van der Waals surface area contributed by atoms with Crippen molar-refractivity contribution in [2.75, 3.05) is 20.1 Å². The van der Waals surface area contributed by atoms with Gasteiger partial charge in [0.1, 0.15) is 5.84 Å². The summed E-state index contributed by atoms with van der Waals surface area (Å²) in [7, 11) is 1.86. The number of fused-ring (bicyclic) bond motifs is 1. The first-order chi connectivity index (χ1) is 13.6. The molecule has 4 nitrogen and oxygen atoms in total. The minimum Gasteiger partial charge on any atom is -0.384 e. The predicted molar refractivity (Wildman–Crippen MR) is 124 cm³/mol. The summed E-state index contributed by atoms with van der Waals surface area (Å²) >= 11 is 1.64. The second kappa shape index (κ2) is 9.46. The second-order valence-electron chi connectivity index (χ2n) is 7.49. The Kier molecular flexibility index (Phi) is 7.00. The zero-order chi connectivity index (χ0) is 20.1. The fourth-order valence-corrected chi connectivity index (χ4v) is 4.52. The van der Waals surface area contributed by atoms with Crippen LogP contribution in [0, 0.1) is 5.92 Å². The molecule has 2 heterocycles. The molecule has 1 N–H and O–H groups in total. The van der Waals surface area contributed by atoms with Gasteiger partial charge in [-0.3, -0.25) is 9.98 Å². The molecule has 150 valence electrons. The molecular weight excluding hydrogens is 364 g/mol. The molecule has 0 aromatic carbocycles. The first kappa shape index (κ1) is 20.7. The number of aliphatic imine (C=N–C) groups is 2. The number of amidine groups is 1. The number of allylic oxidation sites excluding steroid dienone is 4. The predicted octanol–water partition coefficient (Wildman–Crippen LogP) is 5.06. The van der Waals surface area contributed by atoms with Crippen LogP contribution in [0.1, 0.15) is 39.5 Å². The van der Waals surface area contributed by atoms with Gasteiger partial charge >= 0.3 is 0 Å². The molecule has 2 aliphatic heterocycles. The van der Waals surface area contributed by atoms with Gasteiger partial charge in [0.05, 0.1) is 12.3 Å². The molecule has 0 aromatic rings. The molecule has 28 heavy (non-hydrogen) atoms. The van der Waals surface area contributed by atoms with E-state index in [1.165, 1.54) is 36.2 Å². The molecule has 0 amide bonds. The molecule has 5 heteroatoms. The Balaban J connectivity index is 1.85. The van der Waals surface area contributed by atoms with Gasteiger partial charge in [-0.1, -0.05) is 43.5 Å². The molecule has 1 aliphatic carbocycles. The maximum Gasteiger partial charge on any atom is 0.141 e. The van der Waals surface area contributed by atoms with Crippen molar-refractivity contribution in [1.82, 2.24) is 10.2 Å². The van der Waals surface area contributed by atoms with E-state index in [-0.39, 0.29) is 0 Å². The Morgan fingerprint density at radius 3 is 2.68 bits per heavy atom. The Labute approximate surface area is 174 Å². The Morgan fingerprint density at radius 2 is 2.07 bits per heavy atom. The molecule has 1 atom stereocenters. The molecule has 2 fully saturated rings. The van der Waals surface area contributed by atoms with Crippen LogP contribution in [-0.4, -0.2) is 42.6 Å². The molecule has 1 saturated carbocycles. The summed E-state index contributed by atoms with van der Waals surface area (Å²) in [6, 6.07) is 0.352. The van der Waals surface area contributed by atoms with Gasteiger partial charge < -0.3 is 10.2 Å². The molecule has 0 aromatic heterocycles. The van der Waals surface area contributed by atoms with E-state index >= 15 is 0 Å². The highest BCUT2D eigenvalue weighted by molar-refractivity contribution is 8.06. The highest BCUT2D eigenvalue weighted by Crippen LogP contribution is 2.36. The topological polar surface area (TPSA) is 40.0 Å². The van der Waals surface area contributed by atoms with E-state index in [1.807, 2.05) is 33.0 Å². The first-order valence-electron chi connectivity index (χ1n) is 10.1. The number of hydrogen-bond donors (Lipinski definition) is 1. The quantitative estimate of drug-likeness (QED) is 0.583. The summed E-state index contributed by atoms with van der Waals surface area (Å²) in [5.74, 6) is 1.64. The lowest BCUT2D eigenvalue weighted by atomic mass is 9.83. The largest absolute Gasteiger partial charge is 0.384 e. The minimum atomic E-state index is 0.352. The third-order valence-corrected chi connectivity index (χ3v) is 6.49. The van der Waals surface area contributed by atoms with E-state index < -0.39 is 0 Å². The van der Waals surface area contributed by atoms with E-state index in [0.717, 1.165) is 29.4 Å². The summed E-state index contributed by atoms with van der Waals surface area (Å²) in [5.41, 5.74) is 4.78. The molecule has 0 spiro atoms. The SMILES string of the molecule is C=C(S/C=C\C)C1=NCC(C(/C=C\C)=NC)=C2CC(NC(=C)C3CCC3)CN12. The van der Waals surface area contributed by atoms with Crippen molar-refractivity contribution < 1.29 is 0 Å². The lowest BCUT2D eigenvalue weighted by Crippen LogP contribution is -2.38. The molecule has 0 bridgehead atoms. The summed E-state index contributed by atoms with van der Waals surface area (Å²) in [5, 5.41) is 5.78. The number of hydrogen-bond acceptors (Lipinski definition) is 5. The zero-order valence-corrected chi connectivity index (χ0v) is 18.2. The second-order valence-corrected chi connectivity index (χ2v) is 8.49. The normalized spacial score (nSPS) is 23.2. The van der Waals surface area contributed by atoms with Crippen LogP contribution in [0.15, 0.2) is 68.7 Å². The molecule has 3 rings (SSSR count). The summed E-state index contributed by atoms with van der Waals surface area (Å²) in [6.07, 6.45) is 11.0. The van der Waals surface area contributed by atoms with Gasteiger partial charge in [0, 0.05) is 47.9 Å². The standard InChI is InChI=1S/C23H32N4S/c1-6-9-21(24-5)20-14-25-23(17(4)28-12-7-2)27-15-19(13-22(20)27)26-16(3)18-10-8-11-18/h6-7,9,12,18-19,26H,3-4,8,10-11,13-15H2,1-2,5H3/b9-6-,12-7-,24-21?. The third-order valence-electron chi connectivity index (χ3n) is 5.62. The van der Waals surface area contributed by atoms with Crippen LogP contribution in [0.3, 0.4) is 0 Å². The van der Waals surface area contributed by atoms with E-state index in [9.17, 15) is 0 Å². The van der Waals surface area contributed by atoms with Crippen LogP contribution >= 0.6 is 11.8 Å². The van der Waals surface area contributed by atoms with Gasteiger partial charge in [0.2, 0.25) is 0 Å². The van der Waals surface area contributed by atoms with Crippen LogP contribution in [0.2, 0.25) is 0 Å². The molecule has 3 aliphatic rings. The Bertz CT molecular complexity index is 780. The lowest BCUT2D eigenvalue weighted by Gasteiger charge is -2.30. The van der Waals surface area contributed by atoms with Gasteiger partial charge in [-0.2, -0.15) is 0 Å². The maximum atomic E-state index is 4.90. The molecule has 1 unspecified atom stereocenters. The Morgan fingerprint density at radius 1 is 1.29 bits per heavy atom. The van der Waals surface area contributed by atoms with Gasteiger partial charge in [0.25, 0.3) is 0 Å². The molecule has 0 radical (unpaired) electrons. The van der Waals surface area contributed by atoms with E-state index in [4.69, 9.17) is 4.99 Å². The van der Waals surface area contributed by atoms with Crippen LogP contribution in [-0.2, 0) is 0 Å². The van der Waals surface area contributed by atoms with Crippen molar-refractivity contribution in [2.45, 2.75) is 45.6 Å². The number of nitrogens with one attached hydrogen (secondary N) is 1. The smallest absolute Gasteiger partial charge is 0.141 e. The summed E-state index contributed by atoms with van der Waals surface area (Å²) in [6.45, 7) is 14.2. The highest BCUT2D eigenvalue weighted by atomic mass is 32.2. The van der Waals surface area contributed by atoms with Crippen molar-refractivity contribution in [2.24, 2.45) is 15.9 Å². The minimum absolute atomic E-state index is 0.352. The highest BCUT2D eigenvalue weighted by Gasteiger charge is 2.36. The average Bonchev–Trinajstić information content (AvgIpc) is 3.05. The molecular formula is C23H32N4S. The Hall–Kier alpha value is -2.01. The van der Waals surface area contributed by atoms with Gasteiger partial charge in [-0.15, -0.1) is 0 Å². The van der Waals surface area contributed by atoms with E-state index in [0.29, 0.717) is 18.5 Å². The van der Waals surface area contributed by atoms with Crippen LogP contribution in [0.25, 0.3) is 0 Å². The van der Waals surface area contributed by atoms with E-state index in [1.54, 1.807) is 11.8 Å². The van der Waals surface area contributed by atoms with Gasteiger partial charge in [-0.25, -0.2) is 0 Å². The van der Waals surface area contributed by atoms with Crippen molar-refractivity contribution in [3.63, 3.8) is 0 Å². The van der Waals surface area contributed by atoms with Gasteiger partial charge in [-0.05, 0) is 44.1 Å². The summed E-state index contributed by atoms with van der Waals surface area (Å²) in [4.78, 5) is 12.8. The average molecular weight is 397 g/mol. The number of thioether (sulfide) groups is 1. The number of rotatable bonds is 8. The van der Waals surface area contributed by atoms with Crippen molar-refractivity contribution >= 4 is 23.3 Å². The van der Waals surface area contributed by atoms with Crippen LogP contribution in [0.5, 0.6) is 0 Å². The molecule has 1 saturated heterocycles. The van der Waals surface area contributed by atoms with Crippen molar-refractivity contribution in [3.05, 3.63) is 58.7 Å². The first-order valence-corrected chi connectivity index (χ1v) is 11.0. The lowest BCUT2D eigenvalue weighted by molar-refractivity contribution is 0.340. The monoisotopic (exact) mass is 396 g/mol. The van der Waals surface area contributed by atoms with E-state index in [2.05, 4.69) is 39.9 Å². The fraction of sp³-hybridized carbons (Fsp3) is 0.478. The van der Waals surface area contributed by atoms with Crippen molar-refractivity contribution in [3.8, 4) is 0 Å². The third kappa shape index (κ3) is 4.35. The van der Waals surface area contributed by atoms with Gasteiger partial charge in [0.15, 0.2) is 0 Å². The van der Waals surface area contributed by atoms with Crippen LogP contribution in [0.4, 0.5) is 0 Å². The zero-order valence-electron chi connectivity index (χ0n) is 17.4. The number of nitrogens with zero attached hydrogens (tertiary/aromatic N) is 3. The van der Waals surface area contributed by atoms with Crippen LogP contribution < -0.4 is 5.32 Å². The summed E-state index contributed by atoms with van der Waals surface area (Å²) < 4.78 is 0. The van der Waals surface area contributed by atoms with Crippen molar-refractivity contribution in [1.29, 1.82) is 0 Å². The fourth-order valence-electron chi connectivity index (χ4n) is 3.94.